The first-order valence-electron chi connectivity index (χ1n) is 9.28. The standard InChI is InChI=1S/C20H23ClN4O/c1-13-7-8-16(12-22-13)24-19-17(21)10-15(11-23-19)20(26)25-9-3-5-14-4-2-6-18(14)25/h7-8,10-12,14,18H,2-6,9H2,1H3,(H,23,24)/t14-,18-/m1/s1. The van der Waals surface area contributed by atoms with Crippen LogP contribution in [0.25, 0.3) is 0 Å². The molecule has 5 nitrogen and oxygen atoms in total. The predicted octanol–water partition coefficient (Wildman–Crippen LogP) is 4.59. The number of anilines is 2. The van der Waals surface area contributed by atoms with Gasteiger partial charge in [-0.3, -0.25) is 9.78 Å². The van der Waals surface area contributed by atoms with Crippen LogP contribution in [0.2, 0.25) is 5.02 Å². The Kier molecular flexibility index (Phi) is 4.81. The van der Waals surface area contributed by atoms with Gasteiger partial charge in [-0.2, -0.15) is 0 Å². The van der Waals surface area contributed by atoms with E-state index in [9.17, 15) is 4.79 Å². The van der Waals surface area contributed by atoms with Crippen LogP contribution in [0, 0.1) is 12.8 Å². The number of nitrogens with zero attached hydrogens (tertiary/aromatic N) is 3. The second-order valence-corrected chi connectivity index (χ2v) is 7.67. The maximum atomic E-state index is 13.0. The fourth-order valence-corrected chi connectivity index (χ4v) is 4.41. The van der Waals surface area contributed by atoms with Crippen molar-refractivity contribution in [3.05, 3.63) is 46.9 Å². The van der Waals surface area contributed by atoms with E-state index in [1.54, 1.807) is 18.5 Å². The molecule has 1 saturated heterocycles. The summed E-state index contributed by atoms with van der Waals surface area (Å²) in [5.41, 5.74) is 2.33. The van der Waals surface area contributed by atoms with Gasteiger partial charge in [-0.25, -0.2) is 4.98 Å². The summed E-state index contributed by atoms with van der Waals surface area (Å²) in [7, 11) is 0. The Morgan fingerprint density at radius 1 is 1.19 bits per heavy atom. The first-order valence-corrected chi connectivity index (χ1v) is 9.66. The van der Waals surface area contributed by atoms with Gasteiger partial charge in [0.15, 0.2) is 0 Å². The van der Waals surface area contributed by atoms with E-state index < -0.39 is 0 Å². The number of amides is 1. The molecular formula is C20H23ClN4O. The third-order valence-electron chi connectivity index (χ3n) is 5.52. The lowest BCUT2D eigenvalue weighted by Gasteiger charge is -2.37. The van der Waals surface area contributed by atoms with E-state index in [0.717, 1.165) is 30.8 Å². The summed E-state index contributed by atoms with van der Waals surface area (Å²) in [5, 5.41) is 3.59. The molecule has 2 fully saturated rings. The SMILES string of the molecule is Cc1ccc(Nc2ncc(C(=O)N3CCC[C@H]4CCC[C@H]43)cc2Cl)cn1. The van der Waals surface area contributed by atoms with Crippen LogP contribution in [0.15, 0.2) is 30.6 Å². The number of piperidine rings is 1. The number of fused-ring (bicyclic) bond motifs is 1. The van der Waals surface area contributed by atoms with Crippen molar-refractivity contribution in [2.75, 3.05) is 11.9 Å². The molecule has 1 saturated carbocycles. The number of carbonyl (C=O) groups is 1. The Morgan fingerprint density at radius 3 is 2.81 bits per heavy atom. The average molecular weight is 371 g/mol. The van der Waals surface area contributed by atoms with Crippen molar-refractivity contribution in [1.82, 2.24) is 14.9 Å². The first-order chi connectivity index (χ1) is 12.6. The van der Waals surface area contributed by atoms with E-state index in [1.165, 1.54) is 19.3 Å². The van der Waals surface area contributed by atoms with Crippen molar-refractivity contribution in [3.8, 4) is 0 Å². The van der Waals surface area contributed by atoms with Crippen LogP contribution in [0.3, 0.4) is 0 Å². The lowest BCUT2D eigenvalue weighted by atomic mass is 9.91. The van der Waals surface area contributed by atoms with Crippen molar-refractivity contribution in [2.45, 2.75) is 45.1 Å². The van der Waals surface area contributed by atoms with Gasteiger partial charge in [0.1, 0.15) is 5.82 Å². The minimum Gasteiger partial charge on any atom is -0.338 e. The number of pyridine rings is 2. The van der Waals surface area contributed by atoms with Gasteiger partial charge in [-0.15, -0.1) is 0 Å². The van der Waals surface area contributed by atoms with Crippen LogP contribution in [-0.2, 0) is 0 Å². The third-order valence-corrected chi connectivity index (χ3v) is 5.80. The number of carbonyl (C=O) groups excluding carboxylic acids is 1. The highest BCUT2D eigenvalue weighted by Crippen LogP contribution is 2.37. The van der Waals surface area contributed by atoms with Crippen molar-refractivity contribution in [3.63, 3.8) is 0 Å². The van der Waals surface area contributed by atoms with Crippen LogP contribution in [0.5, 0.6) is 0 Å². The third kappa shape index (κ3) is 3.40. The number of likely N-dealkylation sites (tertiary alicyclic amines) is 1. The summed E-state index contributed by atoms with van der Waals surface area (Å²) in [6.07, 6.45) is 9.30. The average Bonchev–Trinajstić information content (AvgIpc) is 3.13. The number of rotatable bonds is 3. The fourth-order valence-electron chi connectivity index (χ4n) is 4.20. The molecule has 4 rings (SSSR count). The Bertz CT molecular complexity index is 808. The summed E-state index contributed by atoms with van der Waals surface area (Å²) in [5.74, 6) is 1.26. The van der Waals surface area contributed by atoms with Crippen molar-refractivity contribution in [1.29, 1.82) is 0 Å². The normalized spacial score (nSPS) is 22.2. The smallest absolute Gasteiger partial charge is 0.255 e. The van der Waals surface area contributed by atoms with Crippen molar-refractivity contribution >= 4 is 29.0 Å². The van der Waals surface area contributed by atoms with Gasteiger partial charge in [0, 0.05) is 24.5 Å². The van der Waals surface area contributed by atoms with Gasteiger partial charge in [-0.1, -0.05) is 18.0 Å². The minimum atomic E-state index is 0.0551. The lowest BCUT2D eigenvalue weighted by Crippen LogP contribution is -2.46. The molecule has 26 heavy (non-hydrogen) atoms. The monoisotopic (exact) mass is 370 g/mol. The molecule has 1 aliphatic heterocycles. The molecule has 0 unspecified atom stereocenters. The van der Waals surface area contributed by atoms with Gasteiger partial charge in [0.05, 0.1) is 22.5 Å². The molecule has 3 heterocycles. The number of aromatic nitrogens is 2. The zero-order chi connectivity index (χ0) is 18.1. The van der Waals surface area contributed by atoms with Gasteiger partial charge in [0.2, 0.25) is 0 Å². The molecular weight excluding hydrogens is 348 g/mol. The quantitative estimate of drug-likeness (QED) is 0.858. The van der Waals surface area contributed by atoms with E-state index in [4.69, 9.17) is 11.6 Å². The largest absolute Gasteiger partial charge is 0.338 e. The van der Waals surface area contributed by atoms with Crippen LogP contribution in [-0.4, -0.2) is 33.4 Å². The van der Waals surface area contributed by atoms with Crippen LogP contribution >= 0.6 is 11.6 Å². The predicted molar refractivity (Wildman–Crippen MR) is 103 cm³/mol. The summed E-state index contributed by atoms with van der Waals surface area (Å²) in [6.45, 7) is 2.78. The number of hydrogen-bond donors (Lipinski definition) is 1. The molecule has 2 aliphatic rings. The van der Waals surface area contributed by atoms with Crippen LogP contribution < -0.4 is 5.32 Å². The molecule has 0 spiro atoms. The molecule has 1 amide bonds. The van der Waals surface area contributed by atoms with E-state index >= 15 is 0 Å². The molecule has 1 N–H and O–H groups in total. The zero-order valence-corrected chi connectivity index (χ0v) is 15.7. The summed E-state index contributed by atoms with van der Waals surface area (Å²) >= 11 is 6.39. The maximum Gasteiger partial charge on any atom is 0.255 e. The van der Waals surface area contributed by atoms with E-state index in [0.29, 0.717) is 28.4 Å². The maximum absolute atomic E-state index is 13.0. The summed E-state index contributed by atoms with van der Waals surface area (Å²) in [6, 6.07) is 5.96. The van der Waals surface area contributed by atoms with Crippen LogP contribution in [0.4, 0.5) is 11.5 Å². The molecule has 136 valence electrons. The number of nitrogens with one attached hydrogen (secondary N) is 1. The number of hydrogen-bond acceptors (Lipinski definition) is 4. The fraction of sp³-hybridized carbons (Fsp3) is 0.450. The highest BCUT2D eigenvalue weighted by Gasteiger charge is 2.37. The number of halogens is 1. The Labute approximate surface area is 158 Å². The number of aryl methyl sites for hydroxylation is 1. The minimum absolute atomic E-state index is 0.0551. The molecule has 2 aromatic rings. The van der Waals surface area contributed by atoms with Crippen molar-refractivity contribution in [2.24, 2.45) is 5.92 Å². The van der Waals surface area contributed by atoms with Gasteiger partial charge < -0.3 is 10.2 Å². The highest BCUT2D eigenvalue weighted by atomic mass is 35.5. The Hall–Kier alpha value is -2.14. The Morgan fingerprint density at radius 2 is 2.04 bits per heavy atom. The second kappa shape index (κ2) is 7.23. The molecule has 2 aromatic heterocycles. The molecule has 1 aliphatic carbocycles. The van der Waals surface area contributed by atoms with Crippen LogP contribution in [0.1, 0.15) is 48.2 Å². The second-order valence-electron chi connectivity index (χ2n) is 7.27. The van der Waals surface area contributed by atoms with Gasteiger partial charge in [0.25, 0.3) is 5.91 Å². The van der Waals surface area contributed by atoms with E-state index in [-0.39, 0.29) is 5.91 Å². The van der Waals surface area contributed by atoms with Crippen molar-refractivity contribution < 1.29 is 4.79 Å². The molecule has 0 bridgehead atoms. The molecule has 0 aromatic carbocycles. The molecule has 0 radical (unpaired) electrons. The molecule has 2 atom stereocenters. The van der Waals surface area contributed by atoms with E-state index in [1.807, 2.05) is 24.0 Å². The zero-order valence-electron chi connectivity index (χ0n) is 14.9. The van der Waals surface area contributed by atoms with Gasteiger partial charge in [-0.05, 0) is 56.7 Å². The van der Waals surface area contributed by atoms with E-state index in [2.05, 4.69) is 15.3 Å². The lowest BCUT2D eigenvalue weighted by molar-refractivity contribution is 0.0548. The highest BCUT2D eigenvalue weighted by molar-refractivity contribution is 6.33. The Balaban J connectivity index is 1.51. The summed E-state index contributed by atoms with van der Waals surface area (Å²) in [4.78, 5) is 23.7. The molecule has 6 heteroatoms. The topological polar surface area (TPSA) is 58.1 Å². The first kappa shape index (κ1) is 17.3. The van der Waals surface area contributed by atoms with Gasteiger partial charge >= 0.3 is 0 Å². The summed E-state index contributed by atoms with van der Waals surface area (Å²) < 4.78 is 0.